The summed E-state index contributed by atoms with van der Waals surface area (Å²) in [7, 11) is 0. The molecule has 0 radical (unpaired) electrons. The molecule has 5 nitrogen and oxygen atoms in total. The number of amides is 1. The quantitative estimate of drug-likeness (QED) is 0.517. The molecule has 0 fully saturated rings. The fraction of sp³-hybridized carbons (Fsp3) is 0.0909. The molecule has 1 aliphatic rings. The van der Waals surface area contributed by atoms with Crippen LogP contribution in [-0.4, -0.2) is 10.8 Å². The van der Waals surface area contributed by atoms with Crippen LogP contribution < -0.4 is 5.43 Å². The number of fused-ring (bicyclic) bond motifs is 2. The summed E-state index contributed by atoms with van der Waals surface area (Å²) in [6.07, 6.45) is 1.46. The molecule has 144 valence electrons. The minimum atomic E-state index is -1.02. The van der Waals surface area contributed by atoms with Crippen LogP contribution >= 0.6 is 0 Å². The molecule has 0 N–H and O–H groups in total. The van der Waals surface area contributed by atoms with E-state index in [1.165, 1.54) is 35.4 Å². The van der Waals surface area contributed by atoms with Crippen LogP contribution in [0.4, 0.5) is 8.78 Å². The van der Waals surface area contributed by atoms with E-state index in [2.05, 4.69) is 0 Å². The molecule has 2 aromatic heterocycles. The lowest BCUT2D eigenvalue weighted by Gasteiger charge is -2.24. The summed E-state index contributed by atoms with van der Waals surface area (Å²) in [5.74, 6) is -1.44. The third-order valence-electron chi connectivity index (χ3n) is 5.03. The Bertz CT molecular complexity index is 1310. The Balaban J connectivity index is 1.78. The van der Waals surface area contributed by atoms with Crippen molar-refractivity contribution in [2.24, 2.45) is 0 Å². The van der Waals surface area contributed by atoms with E-state index >= 15 is 0 Å². The third kappa shape index (κ3) is 2.66. The first-order valence-electron chi connectivity index (χ1n) is 8.88. The maximum absolute atomic E-state index is 14.7. The predicted octanol–water partition coefficient (Wildman–Crippen LogP) is 4.41. The topological polar surface area (TPSA) is 63.7 Å². The van der Waals surface area contributed by atoms with Crippen molar-refractivity contribution in [2.45, 2.75) is 12.6 Å². The third-order valence-corrected chi connectivity index (χ3v) is 5.03. The number of benzene rings is 2. The lowest BCUT2D eigenvalue weighted by molar-refractivity contribution is 0.0699. The number of carbonyl (C=O) groups is 1. The molecule has 1 amide bonds. The second-order valence-corrected chi connectivity index (χ2v) is 6.75. The maximum atomic E-state index is 14.7. The molecular weight excluding hydrogens is 380 g/mol. The van der Waals surface area contributed by atoms with Gasteiger partial charge in [0, 0.05) is 5.56 Å². The average Bonchev–Trinajstić information content (AvgIpc) is 3.31. The van der Waals surface area contributed by atoms with Crippen molar-refractivity contribution in [1.82, 2.24) is 4.90 Å². The smallest absolute Gasteiger partial charge is 0.291 e. The van der Waals surface area contributed by atoms with Crippen LogP contribution in [0.3, 0.4) is 0 Å². The molecule has 0 unspecified atom stereocenters. The first-order valence-corrected chi connectivity index (χ1v) is 8.88. The van der Waals surface area contributed by atoms with Gasteiger partial charge in [-0.1, -0.05) is 18.2 Å². The minimum absolute atomic E-state index is 0.00209. The number of hydrogen-bond donors (Lipinski definition) is 0. The standard InChI is InChI=1S/C22H13F2NO4/c23-12-7-8-17-15(10-12)20(26)18-19(14-5-1-2-6-16(14)24)25(22(27)21(18)29-17)11-13-4-3-9-28-13/h1-10,19H,11H2/t19-/m0/s1. The van der Waals surface area contributed by atoms with E-state index < -0.39 is 29.0 Å². The number of hydrogen-bond acceptors (Lipinski definition) is 4. The molecule has 2 aromatic carbocycles. The van der Waals surface area contributed by atoms with E-state index in [0.717, 1.165) is 12.1 Å². The van der Waals surface area contributed by atoms with Gasteiger partial charge >= 0.3 is 0 Å². The summed E-state index contributed by atoms with van der Waals surface area (Å²) < 4.78 is 39.4. The van der Waals surface area contributed by atoms with E-state index in [1.54, 1.807) is 18.2 Å². The van der Waals surface area contributed by atoms with Gasteiger partial charge in [0.1, 0.15) is 23.0 Å². The summed E-state index contributed by atoms with van der Waals surface area (Å²) >= 11 is 0. The van der Waals surface area contributed by atoms with Gasteiger partial charge in [0.25, 0.3) is 5.91 Å². The molecule has 0 saturated carbocycles. The second-order valence-electron chi connectivity index (χ2n) is 6.75. The van der Waals surface area contributed by atoms with Gasteiger partial charge in [-0.05, 0) is 36.4 Å². The summed E-state index contributed by atoms with van der Waals surface area (Å²) in [6.45, 7) is 0.0131. The van der Waals surface area contributed by atoms with E-state index in [-0.39, 0.29) is 34.4 Å². The van der Waals surface area contributed by atoms with Crippen molar-refractivity contribution < 1.29 is 22.4 Å². The molecule has 7 heteroatoms. The van der Waals surface area contributed by atoms with Crippen molar-refractivity contribution in [3.8, 4) is 0 Å². The molecule has 0 spiro atoms. The van der Waals surface area contributed by atoms with Gasteiger partial charge in [-0.25, -0.2) is 8.78 Å². The van der Waals surface area contributed by atoms with Crippen LogP contribution in [0, 0.1) is 11.6 Å². The molecule has 4 aromatic rings. The lowest BCUT2D eigenvalue weighted by Crippen LogP contribution is -2.29. The Kier molecular flexibility index (Phi) is 3.84. The number of furan rings is 1. The van der Waals surface area contributed by atoms with Crippen molar-refractivity contribution in [2.75, 3.05) is 0 Å². The van der Waals surface area contributed by atoms with Gasteiger partial charge in [-0.15, -0.1) is 0 Å². The molecule has 1 atom stereocenters. The number of carbonyl (C=O) groups excluding carboxylic acids is 1. The summed E-state index contributed by atoms with van der Waals surface area (Å²) in [6, 6.07) is 11.7. The maximum Gasteiger partial charge on any atom is 0.291 e. The van der Waals surface area contributed by atoms with Gasteiger partial charge in [0.2, 0.25) is 5.76 Å². The fourth-order valence-electron chi connectivity index (χ4n) is 3.75. The summed E-state index contributed by atoms with van der Waals surface area (Å²) in [5, 5.41) is -0.00209. The highest BCUT2D eigenvalue weighted by Crippen LogP contribution is 2.40. The normalized spacial score (nSPS) is 15.9. The highest BCUT2D eigenvalue weighted by atomic mass is 19.1. The number of rotatable bonds is 3. The molecular formula is C22H13F2NO4. The van der Waals surface area contributed by atoms with Gasteiger partial charge < -0.3 is 13.7 Å². The van der Waals surface area contributed by atoms with Gasteiger partial charge in [0.05, 0.1) is 29.8 Å². The molecule has 5 rings (SSSR count). The van der Waals surface area contributed by atoms with Crippen molar-refractivity contribution in [1.29, 1.82) is 0 Å². The molecule has 0 saturated heterocycles. The first kappa shape index (κ1) is 17.4. The van der Waals surface area contributed by atoms with Crippen molar-refractivity contribution in [3.05, 3.63) is 105 Å². The van der Waals surface area contributed by atoms with Crippen molar-refractivity contribution >= 4 is 16.9 Å². The van der Waals surface area contributed by atoms with Gasteiger partial charge in [0.15, 0.2) is 5.43 Å². The van der Waals surface area contributed by atoms with E-state index in [1.807, 2.05) is 0 Å². The van der Waals surface area contributed by atoms with Crippen LogP contribution in [0.5, 0.6) is 0 Å². The Morgan fingerprint density at radius 3 is 2.59 bits per heavy atom. The molecule has 1 aliphatic heterocycles. The van der Waals surface area contributed by atoms with Crippen LogP contribution in [-0.2, 0) is 6.54 Å². The largest absolute Gasteiger partial charge is 0.467 e. The fourth-order valence-corrected chi connectivity index (χ4v) is 3.75. The van der Waals surface area contributed by atoms with E-state index in [0.29, 0.717) is 5.76 Å². The zero-order valence-electron chi connectivity index (χ0n) is 14.9. The molecule has 0 bridgehead atoms. The summed E-state index contributed by atoms with van der Waals surface area (Å²) in [4.78, 5) is 27.7. The first-order chi connectivity index (χ1) is 14.0. The minimum Gasteiger partial charge on any atom is -0.467 e. The Morgan fingerprint density at radius 2 is 1.83 bits per heavy atom. The predicted molar refractivity (Wildman–Crippen MR) is 99.3 cm³/mol. The Morgan fingerprint density at radius 1 is 1.00 bits per heavy atom. The SMILES string of the molecule is O=C1c2oc3ccc(F)cc3c(=O)c2[C@H](c2ccccc2F)N1Cc1ccco1. The Hall–Kier alpha value is -3.74. The average molecular weight is 393 g/mol. The van der Waals surface area contributed by atoms with Crippen LogP contribution in [0.25, 0.3) is 11.0 Å². The zero-order chi connectivity index (χ0) is 20.1. The van der Waals surface area contributed by atoms with Gasteiger partial charge in [-0.3, -0.25) is 9.59 Å². The van der Waals surface area contributed by atoms with Crippen LogP contribution in [0.1, 0.15) is 33.5 Å². The van der Waals surface area contributed by atoms with Crippen LogP contribution in [0.2, 0.25) is 0 Å². The van der Waals surface area contributed by atoms with Crippen LogP contribution in [0.15, 0.2) is 74.5 Å². The Labute approximate surface area is 162 Å². The number of halogens is 2. The van der Waals surface area contributed by atoms with E-state index in [4.69, 9.17) is 8.83 Å². The summed E-state index contributed by atoms with van der Waals surface area (Å²) in [5.41, 5.74) is -0.334. The monoisotopic (exact) mass is 393 g/mol. The van der Waals surface area contributed by atoms with E-state index in [9.17, 15) is 18.4 Å². The highest BCUT2D eigenvalue weighted by Gasteiger charge is 2.44. The number of nitrogens with zero attached hydrogens (tertiary/aromatic N) is 1. The second kappa shape index (κ2) is 6.41. The van der Waals surface area contributed by atoms with Crippen molar-refractivity contribution in [3.63, 3.8) is 0 Å². The zero-order valence-corrected chi connectivity index (χ0v) is 14.9. The molecule has 3 heterocycles. The van der Waals surface area contributed by atoms with Gasteiger partial charge in [-0.2, -0.15) is 0 Å². The highest BCUT2D eigenvalue weighted by molar-refractivity contribution is 5.99. The lowest BCUT2D eigenvalue weighted by atomic mass is 9.98. The molecule has 0 aliphatic carbocycles. The molecule has 29 heavy (non-hydrogen) atoms.